The van der Waals surface area contributed by atoms with Gasteiger partial charge in [-0.25, -0.2) is 0 Å². The van der Waals surface area contributed by atoms with Crippen molar-refractivity contribution in [2.24, 2.45) is 4.99 Å². The van der Waals surface area contributed by atoms with E-state index in [1.165, 1.54) is 16.3 Å². The molecule has 2 aromatic rings. The van der Waals surface area contributed by atoms with Crippen LogP contribution in [-0.4, -0.2) is 40.4 Å². The predicted molar refractivity (Wildman–Crippen MR) is 106 cm³/mol. The first kappa shape index (κ1) is 19.5. The molecule has 0 radical (unpaired) electrons. The van der Waals surface area contributed by atoms with Crippen LogP contribution in [0.2, 0.25) is 0 Å². The summed E-state index contributed by atoms with van der Waals surface area (Å²) < 4.78 is 10.3. The van der Waals surface area contributed by atoms with Gasteiger partial charge in [-0.2, -0.15) is 0 Å². The molecule has 0 aliphatic carbocycles. The number of nitrogens with zero attached hydrogens (tertiary/aromatic N) is 1. The Hall–Kier alpha value is -1.54. The normalized spacial score (nSPS) is 11.0. The van der Waals surface area contributed by atoms with Crippen molar-refractivity contribution in [3.63, 3.8) is 0 Å². The van der Waals surface area contributed by atoms with Crippen LogP contribution in [0.25, 0.3) is 10.8 Å². The van der Waals surface area contributed by atoms with Crippen molar-refractivity contribution in [3.05, 3.63) is 42.0 Å². The Labute approximate surface area is 154 Å². The van der Waals surface area contributed by atoms with E-state index in [-0.39, 0.29) is 24.0 Å². The van der Waals surface area contributed by atoms with Crippen LogP contribution in [0, 0.1) is 0 Å². The number of methoxy groups -OCH3 is 2. The average molecular weight is 429 g/mol. The molecule has 0 aliphatic heterocycles. The first-order valence-corrected chi connectivity index (χ1v) is 7.27. The number of fused-ring (bicyclic) bond motifs is 1. The van der Waals surface area contributed by atoms with E-state index in [9.17, 15) is 0 Å². The fourth-order valence-corrected chi connectivity index (χ4v) is 2.19. The zero-order chi connectivity index (χ0) is 15.8. The maximum Gasteiger partial charge on any atom is 0.191 e. The zero-order valence-electron chi connectivity index (χ0n) is 13.8. The number of benzene rings is 2. The van der Waals surface area contributed by atoms with Gasteiger partial charge in [0.25, 0.3) is 0 Å². The number of rotatable bonds is 6. The smallest absolute Gasteiger partial charge is 0.191 e. The van der Waals surface area contributed by atoms with E-state index < -0.39 is 0 Å². The van der Waals surface area contributed by atoms with E-state index in [0.29, 0.717) is 13.2 Å². The summed E-state index contributed by atoms with van der Waals surface area (Å²) in [6, 6.07) is 12.5. The molecule has 2 aromatic carbocycles. The monoisotopic (exact) mass is 429 g/mol. The number of guanidine groups is 1. The van der Waals surface area contributed by atoms with Crippen LogP contribution in [0.4, 0.5) is 0 Å². The molecule has 0 fully saturated rings. The van der Waals surface area contributed by atoms with Crippen molar-refractivity contribution in [2.75, 3.05) is 34.4 Å². The molecule has 2 N–H and O–H groups in total. The molecule has 5 nitrogen and oxygen atoms in total. The first-order valence-electron chi connectivity index (χ1n) is 7.27. The van der Waals surface area contributed by atoms with E-state index in [1.807, 2.05) is 12.1 Å². The standard InChI is InChI=1S/C17H23N3O2.HI/c1-18-17(19-8-9-21-2)20-12-13-4-5-15-11-16(22-3)7-6-14(15)10-13;/h4-7,10-11H,8-9,12H2,1-3H3,(H2,18,19,20);1H. The van der Waals surface area contributed by atoms with Gasteiger partial charge in [0.15, 0.2) is 5.96 Å². The van der Waals surface area contributed by atoms with Gasteiger partial charge in [0.2, 0.25) is 0 Å². The third-order valence-corrected chi connectivity index (χ3v) is 3.39. The van der Waals surface area contributed by atoms with Gasteiger partial charge in [0.05, 0.1) is 13.7 Å². The van der Waals surface area contributed by atoms with E-state index in [1.54, 1.807) is 21.3 Å². The summed E-state index contributed by atoms with van der Waals surface area (Å²) in [7, 11) is 5.12. The number of nitrogens with one attached hydrogen (secondary N) is 2. The molecule has 126 valence electrons. The first-order chi connectivity index (χ1) is 10.8. The Morgan fingerprint density at radius 3 is 2.48 bits per heavy atom. The fraction of sp³-hybridized carbons (Fsp3) is 0.353. The highest BCUT2D eigenvalue weighted by Gasteiger charge is 2.01. The number of hydrogen-bond donors (Lipinski definition) is 2. The maximum absolute atomic E-state index is 5.25. The van der Waals surface area contributed by atoms with Crippen molar-refractivity contribution in [3.8, 4) is 5.75 Å². The second-order valence-electron chi connectivity index (χ2n) is 4.89. The van der Waals surface area contributed by atoms with Crippen molar-refractivity contribution >= 4 is 40.7 Å². The third kappa shape index (κ3) is 5.87. The van der Waals surface area contributed by atoms with Crippen molar-refractivity contribution in [2.45, 2.75) is 6.54 Å². The minimum atomic E-state index is 0. The average Bonchev–Trinajstić information content (AvgIpc) is 2.57. The molecule has 2 rings (SSSR count). The van der Waals surface area contributed by atoms with Crippen LogP contribution in [0.3, 0.4) is 0 Å². The third-order valence-electron chi connectivity index (χ3n) is 3.39. The van der Waals surface area contributed by atoms with Crippen LogP contribution in [0.1, 0.15) is 5.56 Å². The van der Waals surface area contributed by atoms with E-state index in [0.717, 1.165) is 18.3 Å². The second kappa shape index (κ2) is 10.3. The fourth-order valence-electron chi connectivity index (χ4n) is 2.19. The number of ether oxygens (including phenoxy) is 2. The Bertz CT molecular complexity index is 647. The lowest BCUT2D eigenvalue weighted by Gasteiger charge is -2.12. The number of hydrogen-bond acceptors (Lipinski definition) is 3. The SMILES string of the molecule is CN=C(NCCOC)NCc1ccc2cc(OC)ccc2c1.I. The Morgan fingerprint density at radius 1 is 1.04 bits per heavy atom. The molecule has 0 unspecified atom stereocenters. The van der Waals surface area contributed by atoms with Gasteiger partial charge < -0.3 is 20.1 Å². The lowest BCUT2D eigenvalue weighted by molar-refractivity contribution is 0.203. The van der Waals surface area contributed by atoms with Gasteiger partial charge in [0, 0.05) is 27.2 Å². The molecule has 0 aromatic heterocycles. The molecule has 0 amide bonds. The van der Waals surface area contributed by atoms with Gasteiger partial charge in [-0.05, 0) is 34.5 Å². The molecule has 0 saturated heterocycles. The highest BCUT2D eigenvalue weighted by Crippen LogP contribution is 2.21. The van der Waals surface area contributed by atoms with Gasteiger partial charge in [0.1, 0.15) is 5.75 Å². The molecule has 0 bridgehead atoms. The van der Waals surface area contributed by atoms with Crippen LogP contribution >= 0.6 is 24.0 Å². The number of halogens is 1. The second-order valence-corrected chi connectivity index (χ2v) is 4.89. The zero-order valence-corrected chi connectivity index (χ0v) is 16.1. The van der Waals surface area contributed by atoms with E-state index >= 15 is 0 Å². The van der Waals surface area contributed by atoms with Crippen LogP contribution in [0.15, 0.2) is 41.4 Å². The van der Waals surface area contributed by atoms with Crippen LogP contribution < -0.4 is 15.4 Å². The Morgan fingerprint density at radius 2 is 1.78 bits per heavy atom. The maximum atomic E-state index is 5.25. The summed E-state index contributed by atoms with van der Waals surface area (Å²) in [6.07, 6.45) is 0. The van der Waals surface area contributed by atoms with Crippen LogP contribution in [-0.2, 0) is 11.3 Å². The minimum absolute atomic E-state index is 0. The summed E-state index contributed by atoms with van der Waals surface area (Å²) in [5, 5.41) is 8.85. The summed E-state index contributed by atoms with van der Waals surface area (Å²) in [5.74, 6) is 1.65. The molecule has 23 heavy (non-hydrogen) atoms. The summed E-state index contributed by atoms with van der Waals surface area (Å²) in [4.78, 5) is 4.18. The van der Waals surface area contributed by atoms with Crippen molar-refractivity contribution in [1.29, 1.82) is 0 Å². The van der Waals surface area contributed by atoms with E-state index in [4.69, 9.17) is 9.47 Å². The highest BCUT2D eigenvalue weighted by molar-refractivity contribution is 14.0. The van der Waals surface area contributed by atoms with Gasteiger partial charge in [-0.1, -0.05) is 18.2 Å². The highest BCUT2D eigenvalue weighted by atomic mass is 127. The largest absolute Gasteiger partial charge is 0.497 e. The van der Waals surface area contributed by atoms with Crippen LogP contribution in [0.5, 0.6) is 5.75 Å². The molecule has 0 saturated carbocycles. The molecule has 0 spiro atoms. The Kier molecular flexibility index (Phi) is 8.71. The van der Waals surface area contributed by atoms with Gasteiger partial charge in [-0.15, -0.1) is 24.0 Å². The minimum Gasteiger partial charge on any atom is -0.497 e. The molecule has 0 atom stereocenters. The summed E-state index contributed by atoms with van der Waals surface area (Å²) in [5.41, 5.74) is 1.20. The number of aliphatic imine (C=N–C) groups is 1. The van der Waals surface area contributed by atoms with E-state index in [2.05, 4.69) is 39.9 Å². The summed E-state index contributed by atoms with van der Waals surface area (Å²) in [6.45, 7) is 2.10. The molecule has 6 heteroatoms. The van der Waals surface area contributed by atoms with Gasteiger partial charge >= 0.3 is 0 Å². The van der Waals surface area contributed by atoms with Gasteiger partial charge in [-0.3, -0.25) is 4.99 Å². The molecular formula is C17H24IN3O2. The van der Waals surface area contributed by atoms with Crippen molar-refractivity contribution in [1.82, 2.24) is 10.6 Å². The Balaban J connectivity index is 0.00000264. The molecule has 0 heterocycles. The molecular weight excluding hydrogens is 405 g/mol. The molecule has 0 aliphatic rings. The predicted octanol–water partition coefficient (Wildman–Crippen LogP) is 2.78. The quantitative estimate of drug-likeness (QED) is 0.321. The summed E-state index contributed by atoms with van der Waals surface area (Å²) >= 11 is 0. The lowest BCUT2D eigenvalue weighted by atomic mass is 10.1. The lowest BCUT2D eigenvalue weighted by Crippen LogP contribution is -2.38. The topological polar surface area (TPSA) is 54.9 Å². The van der Waals surface area contributed by atoms with Crippen molar-refractivity contribution < 1.29 is 9.47 Å².